The molecule has 12 heavy (non-hydrogen) atoms. The molecule has 1 N–H and O–H groups in total. The van der Waals surface area contributed by atoms with Crippen LogP contribution in [0, 0.1) is 0 Å². The molecule has 0 aliphatic heterocycles. The van der Waals surface area contributed by atoms with Crippen LogP contribution in [0.2, 0.25) is 0 Å². The normalized spacial score (nSPS) is 13.2. The van der Waals surface area contributed by atoms with Crippen LogP contribution < -0.4 is 0 Å². The van der Waals surface area contributed by atoms with Gasteiger partial charge in [-0.05, 0) is 46.8 Å². The molecular weight excluding hydrogens is 236 g/mol. The molecule has 1 unspecified atom stereocenters. The molecule has 1 nitrogen and oxygen atoms in total. The molecule has 0 radical (unpaired) electrons. The number of rotatable bonds is 4. The van der Waals surface area contributed by atoms with E-state index in [0.29, 0.717) is 5.92 Å². The van der Waals surface area contributed by atoms with Crippen molar-refractivity contribution in [1.29, 1.82) is 0 Å². The molecule has 0 amide bonds. The van der Waals surface area contributed by atoms with E-state index < -0.39 is 0 Å². The van der Waals surface area contributed by atoms with Crippen LogP contribution in [-0.2, 0) is 0 Å². The Morgan fingerprint density at radius 3 is 2.75 bits per heavy atom. The van der Waals surface area contributed by atoms with Crippen molar-refractivity contribution in [3.05, 3.63) is 20.8 Å². The molecule has 0 saturated heterocycles. The van der Waals surface area contributed by atoms with Crippen molar-refractivity contribution in [1.82, 2.24) is 0 Å². The summed E-state index contributed by atoms with van der Waals surface area (Å²) in [5.74, 6) is 0.534. The predicted octanol–water partition coefficient (Wildman–Crippen LogP) is 3.39. The lowest BCUT2D eigenvalue weighted by Crippen LogP contribution is -1.97. The summed E-state index contributed by atoms with van der Waals surface area (Å²) in [7, 11) is 0. The van der Waals surface area contributed by atoms with Gasteiger partial charge in [0.05, 0.1) is 3.79 Å². The quantitative estimate of drug-likeness (QED) is 0.867. The molecule has 0 spiro atoms. The van der Waals surface area contributed by atoms with Crippen molar-refractivity contribution in [2.75, 3.05) is 6.61 Å². The van der Waals surface area contributed by atoms with Gasteiger partial charge in [0.15, 0.2) is 0 Å². The average molecular weight is 249 g/mol. The van der Waals surface area contributed by atoms with E-state index in [4.69, 9.17) is 5.11 Å². The topological polar surface area (TPSA) is 20.2 Å². The fourth-order valence-corrected chi connectivity index (χ4v) is 2.89. The lowest BCUT2D eigenvalue weighted by molar-refractivity contribution is 0.275. The van der Waals surface area contributed by atoms with Gasteiger partial charge in [-0.2, -0.15) is 0 Å². The fourth-order valence-electron chi connectivity index (χ4n) is 1.25. The van der Waals surface area contributed by atoms with E-state index in [2.05, 4.69) is 35.0 Å². The summed E-state index contributed by atoms with van der Waals surface area (Å²) < 4.78 is 1.17. The number of aliphatic hydroxyl groups excluding tert-OH is 1. The summed E-state index contributed by atoms with van der Waals surface area (Å²) in [5.41, 5.74) is 0. The second kappa shape index (κ2) is 5.00. The molecule has 68 valence electrons. The highest BCUT2D eigenvalue weighted by atomic mass is 79.9. The first-order chi connectivity index (χ1) is 5.77. The Morgan fingerprint density at radius 2 is 2.33 bits per heavy atom. The van der Waals surface area contributed by atoms with Crippen molar-refractivity contribution < 1.29 is 5.11 Å². The maximum absolute atomic E-state index is 8.83. The highest BCUT2D eigenvalue weighted by Crippen LogP contribution is 2.31. The van der Waals surface area contributed by atoms with Crippen LogP contribution in [0.1, 0.15) is 30.6 Å². The molecule has 1 rings (SSSR count). The maximum Gasteiger partial charge on any atom is 0.0701 e. The van der Waals surface area contributed by atoms with Gasteiger partial charge in [-0.25, -0.2) is 0 Å². The largest absolute Gasteiger partial charge is 0.396 e. The van der Waals surface area contributed by atoms with Crippen molar-refractivity contribution in [2.24, 2.45) is 0 Å². The molecular formula is C9H13BrOS. The molecule has 0 aromatic carbocycles. The van der Waals surface area contributed by atoms with Crippen LogP contribution in [0.3, 0.4) is 0 Å². The Kier molecular flexibility index (Phi) is 4.26. The van der Waals surface area contributed by atoms with Crippen molar-refractivity contribution in [2.45, 2.75) is 25.7 Å². The Hall–Kier alpha value is 0.140. The third-order valence-electron chi connectivity index (χ3n) is 1.97. The van der Waals surface area contributed by atoms with E-state index in [-0.39, 0.29) is 6.61 Å². The summed E-state index contributed by atoms with van der Waals surface area (Å²) >= 11 is 5.20. The van der Waals surface area contributed by atoms with E-state index >= 15 is 0 Å². The number of thiophene rings is 1. The second-order valence-corrected chi connectivity index (χ2v) is 5.25. The Bertz CT molecular complexity index is 234. The number of hydrogen-bond acceptors (Lipinski definition) is 2. The lowest BCUT2D eigenvalue weighted by Gasteiger charge is -2.09. The summed E-state index contributed by atoms with van der Waals surface area (Å²) in [6.45, 7) is 2.45. The van der Waals surface area contributed by atoms with Crippen LogP contribution in [0.5, 0.6) is 0 Å². The molecule has 1 aromatic rings. The zero-order valence-electron chi connectivity index (χ0n) is 7.09. The number of aliphatic hydroxyl groups is 1. The summed E-state index contributed by atoms with van der Waals surface area (Å²) in [6.07, 6.45) is 1.98. The third-order valence-corrected chi connectivity index (χ3v) is 3.75. The molecule has 0 saturated carbocycles. The first-order valence-corrected chi connectivity index (χ1v) is 5.75. The van der Waals surface area contributed by atoms with Crippen LogP contribution >= 0.6 is 27.3 Å². The zero-order chi connectivity index (χ0) is 8.97. The minimum Gasteiger partial charge on any atom is -0.396 e. The highest BCUT2D eigenvalue weighted by molar-refractivity contribution is 9.11. The van der Waals surface area contributed by atoms with Gasteiger partial charge >= 0.3 is 0 Å². The van der Waals surface area contributed by atoms with E-state index in [0.717, 1.165) is 12.8 Å². The average Bonchev–Trinajstić information content (AvgIpc) is 2.47. The van der Waals surface area contributed by atoms with Gasteiger partial charge in [0.2, 0.25) is 0 Å². The van der Waals surface area contributed by atoms with Gasteiger partial charge in [0.1, 0.15) is 0 Å². The van der Waals surface area contributed by atoms with Crippen molar-refractivity contribution in [3.63, 3.8) is 0 Å². The van der Waals surface area contributed by atoms with Crippen LogP contribution in [0.15, 0.2) is 15.9 Å². The summed E-state index contributed by atoms with van der Waals surface area (Å²) in [4.78, 5) is 1.37. The molecule has 0 aliphatic carbocycles. The molecule has 0 bridgehead atoms. The minimum atomic E-state index is 0.286. The second-order valence-electron chi connectivity index (χ2n) is 2.76. The Labute approximate surface area is 85.6 Å². The summed E-state index contributed by atoms with van der Waals surface area (Å²) in [6, 6.07) is 4.21. The summed E-state index contributed by atoms with van der Waals surface area (Å²) in [5, 5.41) is 8.83. The maximum atomic E-state index is 8.83. The predicted molar refractivity (Wildman–Crippen MR) is 56.8 cm³/mol. The first-order valence-electron chi connectivity index (χ1n) is 4.14. The number of hydrogen-bond donors (Lipinski definition) is 1. The fraction of sp³-hybridized carbons (Fsp3) is 0.556. The van der Waals surface area contributed by atoms with Gasteiger partial charge < -0.3 is 5.11 Å². The van der Waals surface area contributed by atoms with E-state index in [9.17, 15) is 0 Å². The van der Waals surface area contributed by atoms with E-state index in [1.54, 1.807) is 11.3 Å². The standard InChI is InChI=1S/C9H13BrOS/c1-2-7(5-6-11)8-3-4-9(10)12-8/h3-4,7,11H,2,5-6H2,1H3. The molecule has 1 atom stereocenters. The number of halogens is 1. The van der Waals surface area contributed by atoms with Crippen LogP contribution in [0.25, 0.3) is 0 Å². The molecule has 1 heterocycles. The smallest absolute Gasteiger partial charge is 0.0701 e. The Balaban J connectivity index is 2.66. The van der Waals surface area contributed by atoms with E-state index in [1.165, 1.54) is 8.66 Å². The van der Waals surface area contributed by atoms with Crippen molar-refractivity contribution in [3.8, 4) is 0 Å². The van der Waals surface area contributed by atoms with Gasteiger partial charge in [-0.15, -0.1) is 11.3 Å². The highest BCUT2D eigenvalue weighted by Gasteiger charge is 2.10. The third kappa shape index (κ3) is 2.57. The van der Waals surface area contributed by atoms with Gasteiger partial charge in [0.25, 0.3) is 0 Å². The molecule has 0 fully saturated rings. The van der Waals surface area contributed by atoms with Crippen LogP contribution in [-0.4, -0.2) is 11.7 Å². The monoisotopic (exact) mass is 248 g/mol. The Morgan fingerprint density at radius 1 is 1.58 bits per heavy atom. The lowest BCUT2D eigenvalue weighted by atomic mass is 10.0. The van der Waals surface area contributed by atoms with E-state index in [1.807, 2.05) is 0 Å². The molecule has 1 aromatic heterocycles. The zero-order valence-corrected chi connectivity index (χ0v) is 9.49. The minimum absolute atomic E-state index is 0.286. The van der Waals surface area contributed by atoms with Crippen LogP contribution in [0.4, 0.5) is 0 Å². The SMILES string of the molecule is CCC(CCO)c1ccc(Br)s1. The van der Waals surface area contributed by atoms with Crippen molar-refractivity contribution >= 4 is 27.3 Å². The van der Waals surface area contributed by atoms with Gasteiger partial charge in [-0.3, -0.25) is 0 Å². The van der Waals surface area contributed by atoms with Gasteiger partial charge in [0, 0.05) is 11.5 Å². The first kappa shape index (κ1) is 10.2. The molecule has 3 heteroatoms. The molecule has 0 aliphatic rings. The van der Waals surface area contributed by atoms with Gasteiger partial charge in [-0.1, -0.05) is 6.92 Å².